The van der Waals surface area contributed by atoms with Gasteiger partial charge in [0.15, 0.2) is 0 Å². The molecule has 2 aromatic heterocycles. The van der Waals surface area contributed by atoms with E-state index < -0.39 is 0 Å². The number of carbonyl (C=O) groups excluding carboxylic acids is 1. The van der Waals surface area contributed by atoms with Gasteiger partial charge in [-0.1, -0.05) is 6.07 Å². The van der Waals surface area contributed by atoms with Crippen LogP contribution in [0, 0.1) is 12.8 Å². The number of imidazole rings is 1. The lowest BCUT2D eigenvalue weighted by Gasteiger charge is -2.27. The predicted octanol–water partition coefficient (Wildman–Crippen LogP) is 4.58. The van der Waals surface area contributed by atoms with Crippen LogP contribution in [0.2, 0.25) is 0 Å². The van der Waals surface area contributed by atoms with Crippen molar-refractivity contribution in [3.05, 3.63) is 59.9 Å². The van der Waals surface area contributed by atoms with Crippen LogP contribution < -0.4 is 10.2 Å². The molecule has 1 N–H and O–H groups in total. The van der Waals surface area contributed by atoms with Crippen molar-refractivity contribution < 1.29 is 14.3 Å². The van der Waals surface area contributed by atoms with Crippen molar-refractivity contribution >= 4 is 34.5 Å². The number of hydrogen-bond acceptors (Lipinski definition) is 8. The molecule has 2 aromatic carbocycles. The summed E-state index contributed by atoms with van der Waals surface area (Å²) in [6.07, 6.45) is 2.59. The number of methoxy groups -OCH3 is 1. The second-order valence-electron chi connectivity index (χ2n) is 9.65. The lowest BCUT2D eigenvalue weighted by atomic mass is 10.1. The molecule has 4 aromatic rings. The summed E-state index contributed by atoms with van der Waals surface area (Å²) in [5, 5.41) is 3.39. The summed E-state index contributed by atoms with van der Waals surface area (Å²) in [6, 6.07) is 15.5. The third-order valence-corrected chi connectivity index (χ3v) is 6.96. The van der Waals surface area contributed by atoms with Crippen molar-refractivity contribution in [2.45, 2.75) is 26.3 Å². The van der Waals surface area contributed by atoms with E-state index in [1.54, 1.807) is 12.1 Å². The van der Waals surface area contributed by atoms with Crippen molar-refractivity contribution in [3.63, 3.8) is 0 Å². The van der Waals surface area contributed by atoms with Gasteiger partial charge in [0.2, 0.25) is 5.95 Å². The third-order valence-electron chi connectivity index (χ3n) is 6.96. The van der Waals surface area contributed by atoms with Crippen LogP contribution in [0.25, 0.3) is 22.3 Å². The number of esters is 1. The summed E-state index contributed by atoms with van der Waals surface area (Å²) >= 11 is 0. The lowest BCUT2D eigenvalue weighted by Crippen LogP contribution is -2.37. The molecule has 0 radical (unpaired) electrons. The molecule has 2 fully saturated rings. The predicted molar refractivity (Wildman–Crippen MR) is 142 cm³/mol. The zero-order valence-corrected chi connectivity index (χ0v) is 21.1. The first-order valence-corrected chi connectivity index (χ1v) is 12.7. The summed E-state index contributed by atoms with van der Waals surface area (Å²) in [5.41, 5.74) is 5.32. The molecule has 9 heteroatoms. The number of ether oxygens (including phenoxy) is 2. The Morgan fingerprint density at radius 3 is 2.57 bits per heavy atom. The maximum Gasteiger partial charge on any atom is 0.337 e. The van der Waals surface area contributed by atoms with E-state index in [-0.39, 0.29) is 5.97 Å². The summed E-state index contributed by atoms with van der Waals surface area (Å²) in [5.74, 6) is 2.79. The average molecular weight is 499 g/mol. The Balaban J connectivity index is 1.37. The number of nitrogens with zero attached hydrogens (tertiary/aromatic N) is 5. The van der Waals surface area contributed by atoms with Gasteiger partial charge in [-0.15, -0.1) is 0 Å². The third kappa shape index (κ3) is 4.99. The molecule has 1 saturated heterocycles. The van der Waals surface area contributed by atoms with Gasteiger partial charge in [-0.2, -0.15) is 4.98 Å². The number of benzene rings is 2. The van der Waals surface area contributed by atoms with Crippen molar-refractivity contribution in [2.75, 3.05) is 43.6 Å². The van der Waals surface area contributed by atoms with Crippen molar-refractivity contribution in [2.24, 2.45) is 5.92 Å². The Morgan fingerprint density at radius 2 is 1.84 bits per heavy atom. The number of morpholine rings is 1. The van der Waals surface area contributed by atoms with Crippen molar-refractivity contribution in [1.29, 1.82) is 0 Å². The van der Waals surface area contributed by atoms with Gasteiger partial charge in [0.1, 0.15) is 11.6 Å². The minimum absolute atomic E-state index is 0.364. The number of aromatic nitrogens is 4. The Labute approximate surface area is 215 Å². The highest BCUT2D eigenvalue weighted by Crippen LogP contribution is 2.34. The number of aryl methyl sites for hydroxylation is 1. The van der Waals surface area contributed by atoms with Crippen LogP contribution in [-0.2, 0) is 16.0 Å². The summed E-state index contributed by atoms with van der Waals surface area (Å²) in [7, 11) is 1.38. The Kier molecular flexibility index (Phi) is 6.21. The molecule has 0 bridgehead atoms. The topological polar surface area (TPSA) is 94.4 Å². The fraction of sp³-hybridized carbons (Fsp3) is 0.357. The highest BCUT2D eigenvalue weighted by molar-refractivity contribution is 5.89. The number of hydrogen-bond donors (Lipinski definition) is 1. The van der Waals surface area contributed by atoms with Gasteiger partial charge in [0.05, 0.1) is 42.6 Å². The van der Waals surface area contributed by atoms with Gasteiger partial charge >= 0.3 is 5.97 Å². The quantitative estimate of drug-likeness (QED) is 0.370. The molecule has 1 aliphatic carbocycles. The van der Waals surface area contributed by atoms with Crippen molar-refractivity contribution in [3.8, 4) is 11.3 Å². The molecule has 0 spiro atoms. The van der Waals surface area contributed by atoms with E-state index in [0.717, 1.165) is 59.4 Å². The molecule has 1 aliphatic heterocycles. The number of rotatable bonds is 7. The first-order valence-electron chi connectivity index (χ1n) is 12.7. The Bertz CT molecular complexity index is 1440. The molecule has 6 rings (SSSR count). The Hall–Kier alpha value is -3.98. The first kappa shape index (κ1) is 23.4. The van der Waals surface area contributed by atoms with E-state index in [4.69, 9.17) is 24.4 Å². The zero-order valence-electron chi connectivity index (χ0n) is 21.1. The van der Waals surface area contributed by atoms with Crippen LogP contribution in [0.3, 0.4) is 0 Å². The van der Waals surface area contributed by atoms with Crippen LogP contribution in [0.5, 0.6) is 0 Å². The van der Waals surface area contributed by atoms with E-state index in [0.29, 0.717) is 30.5 Å². The lowest BCUT2D eigenvalue weighted by molar-refractivity contribution is 0.0600. The molecule has 0 amide bonds. The molecule has 9 nitrogen and oxygen atoms in total. The summed E-state index contributed by atoms with van der Waals surface area (Å²) in [4.78, 5) is 28.5. The fourth-order valence-corrected chi connectivity index (χ4v) is 4.70. The van der Waals surface area contributed by atoms with Crippen LogP contribution in [-0.4, -0.2) is 58.9 Å². The largest absolute Gasteiger partial charge is 0.465 e. The molecular formula is C28H30N6O3. The van der Waals surface area contributed by atoms with Crippen LogP contribution in [0.15, 0.2) is 48.5 Å². The first-order chi connectivity index (χ1) is 18.1. The molecule has 190 valence electrons. The monoisotopic (exact) mass is 498 g/mol. The smallest absolute Gasteiger partial charge is 0.337 e. The highest BCUT2D eigenvalue weighted by atomic mass is 16.5. The second kappa shape index (κ2) is 9.82. The maximum atomic E-state index is 11.8. The minimum Gasteiger partial charge on any atom is -0.465 e. The zero-order chi connectivity index (χ0) is 25.4. The number of carbonyl (C=O) groups is 1. The van der Waals surface area contributed by atoms with Gasteiger partial charge in [0, 0.05) is 37.0 Å². The van der Waals surface area contributed by atoms with E-state index in [1.807, 2.05) is 18.2 Å². The van der Waals surface area contributed by atoms with Crippen LogP contribution >= 0.6 is 0 Å². The van der Waals surface area contributed by atoms with E-state index in [1.165, 1.54) is 20.0 Å². The van der Waals surface area contributed by atoms with Crippen LogP contribution in [0.4, 0.5) is 17.5 Å². The maximum absolute atomic E-state index is 11.8. The molecule has 37 heavy (non-hydrogen) atoms. The van der Waals surface area contributed by atoms with E-state index in [2.05, 4.69) is 39.9 Å². The SMILES string of the molecule is COC(=O)c1ccc(Nc2cc(-c3ccc4nc(C)n(CC5CC5)c4c3)nc(N3CCOCC3)n2)cc1. The average Bonchev–Trinajstić information content (AvgIpc) is 3.71. The normalized spacial score (nSPS) is 15.7. The molecule has 0 unspecified atom stereocenters. The standard InChI is InChI=1S/C28H30N6O3/c1-18-29-23-10-7-21(15-25(23)34(18)17-19-3-4-19)24-16-26(32-28(31-24)33-11-13-37-14-12-33)30-22-8-5-20(6-9-22)27(35)36-2/h5-10,15-16,19H,3-4,11-14,17H2,1-2H3,(H,30,31,32). The van der Waals surface area contributed by atoms with Gasteiger partial charge in [0.25, 0.3) is 0 Å². The van der Waals surface area contributed by atoms with Gasteiger partial charge in [-0.3, -0.25) is 0 Å². The highest BCUT2D eigenvalue weighted by Gasteiger charge is 2.24. The Morgan fingerprint density at radius 1 is 1.05 bits per heavy atom. The molecule has 2 aliphatic rings. The van der Waals surface area contributed by atoms with E-state index >= 15 is 0 Å². The number of fused-ring (bicyclic) bond motifs is 1. The van der Waals surface area contributed by atoms with Gasteiger partial charge in [-0.25, -0.2) is 14.8 Å². The van der Waals surface area contributed by atoms with E-state index in [9.17, 15) is 4.79 Å². The van der Waals surface area contributed by atoms with Crippen LogP contribution in [0.1, 0.15) is 29.0 Å². The molecule has 0 atom stereocenters. The van der Waals surface area contributed by atoms with Crippen molar-refractivity contribution in [1.82, 2.24) is 19.5 Å². The molecule has 3 heterocycles. The summed E-state index contributed by atoms with van der Waals surface area (Å²) < 4.78 is 12.7. The fourth-order valence-electron chi connectivity index (χ4n) is 4.70. The second-order valence-corrected chi connectivity index (χ2v) is 9.65. The minimum atomic E-state index is -0.364. The van der Waals surface area contributed by atoms with Gasteiger partial charge < -0.3 is 24.3 Å². The summed E-state index contributed by atoms with van der Waals surface area (Å²) in [6.45, 7) is 5.87. The molecular weight excluding hydrogens is 468 g/mol. The number of nitrogens with one attached hydrogen (secondary N) is 1. The number of anilines is 3. The molecule has 1 saturated carbocycles. The van der Waals surface area contributed by atoms with Gasteiger partial charge in [-0.05, 0) is 62.1 Å².